The molecule has 2 fully saturated rings. The highest BCUT2D eigenvalue weighted by Crippen LogP contribution is 2.20. The molecule has 0 amide bonds. The zero-order chi connectivity index (χ0) is 20.5. The summed E-state index contributed by atoms with van der Waals surface area (Å²) in [7, 11) is -7.32. The molecule has 2 unspecified atom stereocenters. The maximum absolute atomic E-state index is 13.3. The van der Waals surface area contributed by atoms with Gasteiger partial charge in [0.25, 0.3) is 10.2 Å². The lowest BCUT2D eigenvalue weighted by atomic mass is 10.2. The van der Waals surface area contributed by atoms with Crippen LogP contribution in [-0.2, 0) is 30.7 Å². The summed E-state index contributed by atoms with van der Waals surface area (Å²) in [6, 6.07) is 5.48. The van der Waals surface area contributed by atoms with Gasteiger partial charge in [-0.2, -0.15) is 21.3 Å². The Morgan fingerprint density at radius 2 is 1.54 bits per heavy atom. The molecule has 158 valence electrons. The molecule has 0 N–H and O–H groups in total. The van der Waals surface area contributed by atoms with Crippen LogP contribution in [0.2, 0.25) is 0 Å². The van der Waals surface area contributed by atoms with Gasteiger partial charge in [-0.3, -0.25) is 0 Å². The average molecular weight is 436 g/mol. The van der Waals surface area contributed by atoms with E-state index in [1.54, 1.807) is 6.07 Å². The van der Waals surface area contributed by atoms with Crippen LogP contribution in [0.5, 0.6) is 0 Å². The van der Waals surface area contributed by atoms with E-state index in [1.165, 1.54) is 31.1 Å². The summed E-state index contributed by atoms with van der Waals surface area (Å²) in [6.07, 6.45) is -0.377. The van der Waals surface area contributed by atoms with E-state index < -0.39 is 26.0 Å². The van der Waals surface area contributed by atoms with Crippen LogP contribution in [0.25, 0.3) is 0 Å². The van der Waals surface area contributed by atoms with E-state index in [9.17, 15) is 21.2 Å². The molecule has 0 aliphatic carbocycles. The molecule has 2 saturated heterocycles. The molecule has 8 nitrogen and oxygen atoms in total. The Kier molecular flexibility index (Phi) is 6.42. The zero-order valence-electron chi connectivity index (χ0n) is 16.0. The van der Waals surface area contributed by atoms with Crippen LogP contribution in [0.4, 0.5) is 4.39 Å². The topological polar surface area (TPSA) is 87.2 Å². The van der Waals surface area contributed by atoms with E-state index >= 15 is 0 Å². The molecule has 0 aromatic heterocycles. The molecule has 28 heavy (non-hydrogen) atoms. The van der Waals surface area contributed by atoms with E-state index in [-0.39, 0.29) is 57.2 Å². The van der Waals surface area contributed by atoms with Gasteiger partial charge < -0.3 is 4.74 Å². The van der Waals surface area contributed by atoms with Crippen molar-refractivity contribution in [3.63, 3.8) is 0 Å². The smallest absolute Gasteiger partial charge is 0.282 e. The third kappa shape index (κ3) is 4.89. The molecule has 2 heterocycles. The minimum atomic E-state index is -3.67. The van der Waals surface area contributed by atoms with Crippen molar-refractivity contribution < 1.29 is 26.0 Å². The zero-order valence-corrected chi connectivity index (χ0v) is 17.6. The van der Waals surface area contributed by atoms with Crippen molar-refractivity contribution in [1.29, 1.82) is 0 Å². The summed E-state index contributed by atoms with van der Waals surface area (Å²) in [5, 5.41) is 0. The summed E-state index contributed by atoms with van der Waals surface area (Å²) in [4.78, 5) is 0. The van der Waals surface area contributed by atoms with E-state index in [4.69, 9.17) is 4.74 Å². The molecule has 0 spiro atoms. The molecular weight excluding hydrogens is 409 g/mol. The molecule has 0 radical (unpaired) electrons. The van der Waals surface area contributed by atoms with Crippen LogP contribution >= 0.6 is 0 Å². The summed E-state index contributed by atoms with van der Waals surface area (Å²) >= 11 is 0. The number of rotatable bonds is 5. The Labute approximate surface area is 166 Å². The van der Waals surface area contributed by atoms with E-state index in [2.05, 4.69) is 0 Å². The fourth-order valence-corrected chi connectivity index (χ4v) is 6.84. The summed E-state index contributed by atoms with van der Waals surface area (Å²) in [5.41, 5.74) is 0.367. The molecular formula is C17H26FN3O5S2. The lowest BCUT2D eigenvalue weighted by molar-refractivity contribution is -0.0456. The van der Waals surface area contributed by atoms with Gasteiger partial charge in [0.05, 0.1) is 18.0 Å². The molecule has 1 aromatic carbocycles. The van der Waals surface area contributed by atoms with Gasteiger partial charge in [0.1, 0.15) is 5.82 Å². The SMILES string of the molecule is CC1CN(S(=O)(=O)N2CCN(S(=O)(=O)Cc3cccc(F)c3)CC2)CC(C)O1. The van der Waals surface area contributed by atoms with E-state index in [1.807, 2.05) is 13.8 Å². The van der Waals surface area contributed by atoms with Crippen molar-refractivity contribution in [3.8, 4) is 0 Å². The number of hydrogen-bond acceptors (Lipinski definition) is 5. The fourth-order valence-electron chi connectivity index (χ4n) is 3.59. The van der Waals surface area contributed by atoms with Crippen molar-refractivity contribution in [2.24, 2.45) is 0 Å². The number of nitrogens with zero attached hydrogens (tertiary/aromatic N) is 3. The second-order valence-corrected chi connectivity index (χ2v) is 11.2. The fraction of sp³-hybridized carbons (Fsp3) is 0.647. The number of piperazine rings is 1. The van der Waals surface area contributed by atoms with Gasteiger partial charge in [-0.05, 0) is 31.5 Å². The second-order valence-electron chi connectivity index (χ2n) is 7.27. The van der Waals surface area contributed by atoms with Gasteiger partial charge in [-0.25, -0.2) is 12.8 Å². The molecule has 0 bridgehead atoms. The average Bonchev–Trinajstić information content (AvgIpc) is 2.60. The van der Waals surface area contributed by atoms with Crippen LogP contribution in [0.3, 0.4) is 0 Å². The van der Waals surface area contributed by atoms with Crippen LogP contribution < -0.4 is 0 Å². The van der Waals surface area contributed by atoms with Gasteiger partial charge >= 0.3 is 0 Å². The normalized spacial score (nSPS) is 26.4. The van der Waals surface area contributed by atoms with Crippen LogP contribution in [-0.4, -0.2) is 81.2 Å². The highest BCUT2D eigenvalue weighted by atomic mass is 32.2. The van der Waals surface area contributed by atoms with Gasteiger partial charge in [-0.15, -0.1) is 0 Å². The standard InChI is InChI=1S/C17H26FN3O5S2/c1-14-11-21(12-15(2)26-14)28(24,25)20-8-6-19(7-9-20)27(22,23)13-16-4-3-5-17(18)10-16/h3-5,10,14-15H,6-9,11-13H2,1-2H3. The minimum absolute atomic E-state index is 0.0757. The third-order valence-electron chi connectivity index (χ3n) is 4.87. The lowest BCUT2D eigenvalue weighted by Crippen LogP contribution is -2.57. The predicted octanol–water partition coefficient (Wildman–Crippen LogP) is 0.627. The van der Waals surface area contributed by atoms with Crippen molar-refractivity contribution in [1.82, 2.24) is 12.9 Å². The molecule has 1 aromatic rings. The van der Waals surface area contributed by atoms with Crippen molar-refractivity contribution >= 4 is 20.2 Å². The number of hydrogen-bond donors (Lipinski definition) is 0. The highest BCUT2D eigenvalue weighted by molar-refractivity contribution is 7.88. The van der Waals surface area contributed by atoms with Crippen LogP contribution in [0, 0.1) is 5.82 Å². The number of ether oxygens (including phenoxy) is 1. The summed E-state index contributed by atoms with van der Waals surface area (Å²) in [6.45, 7) is 4.55. The van der Waals surface area contributed by atoms with Gasteiger partial charge in [0.2, 0.25) is 10.0 Å². The van der Waals surface area contributed by atoms with E-state index in [0.29, 0.717) is 5.56 Å². The Morgan fingerprint density at radius 1 is 0.964 bits per heavy atom. The van der Waals surface area contributed by atoms with E-state index in [0.717, 1.165) is 0 Å². The Bertz CT molecular complexity index is 891. The Balaban J connectivity index is 1.63. The minimum Gasteiger partial charge on any atom is -0.373 e. The highest BCUT2D eigenvalue weighted by Gasteiger charge is 2.38. The lowest BCUT2D eigenvalue weighted by Gasteiger charge is -2.40. The molecule has 11 heteroatoms. The molecule has 2 aliphatic heterocycles. The molecule has 2 aliphatic rings. The molecule has 2 atom stereocenters. The number of benzene rings is 1. The Morgan fingerprint density at radius 3 is 2.11 bits per heavy atom. The predicted molar refractivity (Wildman–Crippen MR) is 103 cm³/mol. The number of sulfonamides is 1. The molecule has 0 saturated carbocycles. The van der Waals surface area contributed by atoms with Crippen molar-refractivity contribution in [2.75, 3.05) is 39.3 Å². The van der Waals surface area contributed by atoms with Gasteiger partial charge in [0.15, 0.2) is 0 Å². The first kappa shape index (κ1) is 21.6. The largest absolute Gasteiger partial charge is 0.373 e. The number of halogens is 1. The monoisotopic (exact) mass is 435 g/mol. The number of morpholine rings is 1. The van der Waals surface area contributed by atoms with Crippen LogP contribution in [0.1, 0.15) is 19.4 Å². The van der Waals surface area contributed by atoms with Crippen LogP contribution in [0.15, 0.2) is 24.3 Å². The van der Waals surface area contributed by atoms with Gasteiger partial charge in [-0.1, -0.05) is 12.1 Å². The van der Waals surface area contributed by atoms with Gasteiger partial charge in [0, 0.05) is 39.3 Å². The first-order chi connectivity index (χ1) is 13.1. The first-order valence-corrected chi connectivity index (χ1v) is 12.2. The van der Waals surface area contributed by atoms with Crippen molar-refractivity contribution in [3.05, 3.63) is 35.6 Å². The summed E-state index contributed by atoms with van der Waals surface area (Å²) in [5.74, 6) is -0.798. The molecule has 3 rings (SSSR count). The quantitative estimate of drug-likeness (QED) is 0.677. The first-order valence-electron chi connectivity index (χ1n) is 9.21. The summed E-state index contributed by atoms with van der Waals surface area (Å²) < 4.78 is 73.9. The third-order valence-corrected chi connectivity index (χ3v) is 8.69. The maximum atomic E-state index is 13.3. The second kappa shape index (κ2) is 8.33. The Hall–Kier alpha value is -1.11. The maximum Gasteiger partial charge on any atom is 0.282 e. The van der Waals surface area contributed by atoms with Crippen molar-refractivity contribution in [2.45, 2.75) is 31.8 Å².